The van der Waals surface area contributed by atoms with E-state index in [9.17, 15) is 4.79 Å². The van der Waals surface area contributed by atoms with Crippen molar-refractivity contribution in [2.75, 3.05) is 14.2 Å². The minimum absolute atomic E-state index is 0.0298. The number of methoxy groups -OCH3 is 2. The fourth-order valence-electron chi connectivity index (χ4n) is 4.34. The van der Waals surface area contributed by atoms with Crippen molar-refractivity contribution in [1.82, 2.24) is 0 Å². The monoisotopic (exact) mass is 504 g/mol. The number of rotatable bonds is 11. The van der Waals surface area contributed by atoms with Crippen molar-refractivity contribution in [3.8, 4) is 5.75 Å². The van der Waals surface area contributed by atoms with Gasteiger partial charge in [0.05, 0.1) is 19.8 Å². The highest BCUT2D eigenvalue weighted by Gasteiger charge is 2.48. The molecule has 0 spiro atoms. The van der Waals surface area contributed by atoms with Gasteiger partial charge < -0.3 is 18.6 Å². The third-order valence-electron chi connectivity index (χ3n) is 7.54. The lowest BCUT2D eigenvalue weighted by atomic mass is 9.82. The van der Waals surface area contributed by atoms with Crippen molar-refractivity contribution in [3.63, 3.8) is 0 Å². The van der Waals surface area contributed by atoms with Gasteiger partial charge in [-0.15, -0.1) is 0 Å². The average Bonchev–Trinajstić information content (AvgIpc) is 2.76. The third-order valence-corrected chi connectivity index (χ3v) is 12.0. The van der Waals surface area contributed by atoms with E-state index in [4.69, 9.17) is 18.6 Å². The summed E-state index contributed by atoms with van der Waals surface area (Å²) in [6, 6.07) is 7.88. The molecule has 2 rings (SSSR count). The molecule has 3 atom stereocenters. The Morgan fingerprint density at radius 3 is 2.26 bits per heavy atom. The highest BCUT2D eigenvalue weighted by Crippen LogP contribution is 2.41. The molecule has 6 heteroatoms. The number of carbonyl (C=O) groups is 1. The lowest BCUT2D eigenvalue weighted by Gasteiger charge is -2.45. The first-order valence-corrected chi connectivity index (χ1v) is 15.9. The molecule has 0 amide bonds. The van der Waals surface area contributed by atoms with Crippen LogP contribution in [0.25, 0.3) is 0 Å². The van der Waals surface area contributed by atoms with Crippen molar-refractivity contribution in [2.24, 2.45) is 5.92 Å². The Kier molecular flexibility index (Phi) is 10.8. The van der Waals surface area contributed by atoms with Crippen molar-refractivity contribution < 1.29 is 23.4 Å². The van der Waals surface area contributed by atoms with Crippen molar-refractivity contribution in [2.45, 2.75) is 110 Å². The summed E-state index contributed by atoms with van der Waals surface area (Å²) in [4.78, 5) is 13.5. The van der Waals surface area contributed by atoms with Gasteiger partial charge in [-0.3, -0.25) is 4.79 Å². The van der Waals surface area contributed by atoms with E-state index in [2.05, 4.69) is 54.6 Å². The van der Waals surface area contributed by atoms with Gasteiger partial charge in [-0.1, -0.05) is 58.7 Å². The summed E-state index contributed by atoms with van der Waals surface area (Å²) >= 11 is 0. The van der Waals surface area contributed by atoms with Crippen LogP contribution in [0.15, 0.2) is 35.4 Å². The zero-order valence-corrected chi connectivity index (χ0v) is 24.7. The van der Waals surface area contributed by atoms with Crippen molar-refractivity contribution in [3.05, 3.63) is 41.0 Å². The molecule has 1 aromatic rings. The first-order valence-electron chi connectivity index (χ1n) is 13.0. The van der Waals surface area contributed by atoms with E-state index in [1.165, 1.54) is 0 Å². The molecule has 1 aromatic carbocycles. The van der Waals surface area contributed by atoms with Crippen LogP contribution in [0, 0.1) is 5.92 Å². The van der Waals surface area contributed by atoms with Gasteiger partial charge in [-0.05, 0) is 61.5 Å². The second-order valence-corrected chi connectivity index (χ2v) is 16.6. The van der Waals surface area contributed by atoms with E-state index in [-0.39, 0.29) is 23.0 Å². The zero-order valence-electron chi connectivity index (χ0n) is 23.7. The SMILES string of the molecule is COc1ccc(CO[C@@H]2[C@@H](O[Si](C)(C)C(C)(C)C)CC(=O)C(=C(C)CCCC(C)C)[C@@H]2OC)cc1. The highest BCUT2D eigenvalue weighted by molar-refractivity contribution is 6.74. The molecular formula is C29H48O5Si. The number of carbonyl (C=O) groups excluding carboxylic acids is 1. The first-order chi connectivity index (χ1) is 16.3. The molecule has 0 heterocycles. The Balaban J connectivity index is 2.36. The molecule has 0 aromatic heterocycles. The van der Waals surface area contributed by atoms with Gasteiger partial charge in [-0.2, -0.15) is 0 Å². The van der Waals surface area contributed by atoms with E-state index in [1.807, 2.05) is 24.3 Å². The largest absolute Gasteiger partial charge is 0.497 e. The van der Waals surface area contributed by atoms with E-state index in [0.717, 1.165) is 41.7 Å². The van der Waals surface area contributed by atoms with Crippen LogP contribution in [0.5, 0.6) is 5.75 Å². The second-order valence-electron chi connectivity index (χ2n) is 11.8. The molecule has 0 saturated heterocycles. The summed E-state index contributed by atoms with van der Waals surface area (Å²) in [5, 5.41) is 0.0298. The lowest BCUT2D eigenvalue weighted by Crippen LogP contribution is -2.55. The Labute approximate surface area is 214 Å². The summed E-state index contributed by atoms with van der Waals surface area (Å²) in [7, 11) is 1.21. The molecule has 0 bridgehead atoms. The van der Waals surface area contributed by atoms with Crippen molar-refractivity contribution >= 4 is 14.1 Å². The Hall–Kier alpha value is -1.47. The molecule has 1 aliphatic carbocycles. The summed E-state index contributed by atoms with van der Waals surface area (Å²) < 4.78 is 24.6. The molecule has 0 aliphatic heterocycles. The van der Waals surface area contributed by atoms with Crippen LogP contribution < -0.4 is 4.74 Å². The van der Waals surface area contributed by atoms with Crippen LogP contribution in [0.3, 0.4) is 0 Å². The van der Waals surface area contributed by atoms with Crippen LogP contribution in [0.4, 0.5) is 0 Å². The van der Waals surface area contributed by atoms with E-state index in [1.54, 1.807) is 14.2 Å². The van der Waals surface area contributed by atoms with Gasteiger partial charge in [-0.25, -0.2) is 0 Å². The van der Waals surface area contributed by atoms with Crippen LogP contribution in [0.2, 0.25) is 18.1 Å². The molecular weight excluding hydrogens is 456 g/mol. The van der Waals surface area contributed by atoms with Crippen LogP contribution in [-0.4, -0.2) is 46.6 Å². The summed E-state index contributed by atoms with van der Waals surface area (Å²) in [6.07, 6.45) is 2.31. The third kappa shape index (κ3) is 8.01. The minimum atomic E-state index is -2.13. The Morgan fingerprint density at radius 2 is 1.74 bits per heavy atom. The Bertz CT molecular complexity index is 851. The number of Topliss-reactive ketones (excluding diaryl/α,β-unsaturated/α-hetero) is 1. The predicted molar refractivity (Wildman–Crippen MR) is 145 cm³/mol. The number of ketones is 1. The molecule has 0 unspecified atom stereocenters. The molecule has 5 nitrogen and oxygen atoms in total. The average molecular weight is 505 g/mol. The van der Waals surface area contributed by atoms with Crippen LogP contribution >= 0.6 is 0 Å². The van der Waals surface area contributed by atoms with E-state index in [0.29, 0.717) is 18.9 Å². The maximum atomic E-state index is 13.5. The zero-order chi connectivity index (χ0) is 26.4. The maximum Gasteiger partial charge on any atom is 0.192 e. The molecule has 1 fully saturated rings. The molecule has 198 valence electrons. The van der Waals surface area contributed by atoms with Crippen LogP contribution in [-0.2, 0) is 25.3 Å². The lowest BCUT2D eigenvalue weighted by molar-refractivity contribution is -0.140. The molecule has 1 aliphatic rings. The molecule has 35 heavy (non-hydrogen) atoms. The number of allylic oxidation sites excluding steroid dienone is 1. The topological polar surface area (TPSA) is 54.0 Å². The Morgan fingerprint density at radius 1 is 1.11 bits per heavy atom. The van der Waals surface area contributed by atoms with Crippen LogP contribution in [0.1, 0.15) is 72.8 Å². The summed E-state index contributed by atoms with van der Waals surface area (Å²) in [5.74, 6) is 1.59. The first kappa shape index (κ1) is 29.8. The van der Waals surface area contributed by atoms with E-state index >= 15 is 0 Å². The summed E-state index contributed by atoms with van der Waals surface area (Å²) in [5.41, 5.74) is 2.94. The quantitative estimate of drug-likeness (QED) is 0.238. The van der Waals surface area contributed by atoms with Gasteiger partial charge in [0.1, 0.15) is 18.0 Å². The second kappa shape index (κ2) is 12.7. The molecule has 1 saturated carbocycles. The maximum absolute atomic E-state index is 13.5. The van der Waals surface area contributed by atoms with Crippen molar-refractivity contribution in [1.29, 1.82) is 0 Å². The standard InChI is InChI=1S/C29H48O5Si/c1-20(2)12-11-13-21(3)26-24(30)18-25(34-35(9,10)29(4,5)6)27(28(26)32-8)33-19-22-14-16-23(31-7)17-15-22/h14-17,20,25,27-28H,11-13,18-19H2,1-10H3/t25-,27+,28-/m0/s1. The fraction of sp³-hybridized carbons (Fsp3) is 0.690. The van der Waals surface area contributed by atoms with Gasteiger partial charge in [0.25, 0.3) is 0 Å². The number of hydrogen-bond donors (Lipinski definition) is 0. The normalized spacial score (nSPS) is 23.1. The minimum Gasteiger partial charge on any atom is -0.497 e. The predicted octanol–water partition coefficient (Wildman–Crippen LogP) is 7.10. The van der Waals surface area contributed by atoms with Gasteiger partial charge in [0.2, 0.25) is 0 Å². The number of benzene rings is 1. The smallest absolute Gasteiger partial charge is 0.192 e. The summed E-state index contributed by atoms with van der Waals surface area (Å²) in [6.45, 7) is 18.1. The number of ether oxygens (including phenoxy) is 3. The van der Waals surface area contributed by atoms with Gasteiger partial charge >= 0.3 is 0 Å². The van der Waals surface area contributed by atoms with E-state index < -0.39 is 14.4 Å². The molecule has 0 radical (unpaired) electrons. The van der Waals surface area contributed by atoms with Gasteiger partial charge in [0, 0.05) is 19.1 Å². The fourth-order valence-corrected chi connectivity index (χ4v) is 5.67. The highest BCUT2D eigenvalue weighted by atomic mass is 28.4. The van der Waals surface area contributed by atoms with Gasteiger partial charge in [0.15, 0.2) is 14.1 Å². The number of hydrogen-bond acceptors (Lipinski definition) is 5. The molecule has 0 N–H and O–H groups in total.